The lowest BCUT2D eigenvalue weighted by atomic mass is 10.1. The maximum absolute atomic E-state index is 13.2. The second kappa shape index (κ2) is 6.17. The van der Waals surface area contributed by atoms with Gasteiger partial charge in [-0.1, -0.05) is 30.0 Å². The van der Waals surface area contributed by atoms with E-state index in [1.807, 2.05) is 31.3 Å². The molecule has 0 radical (unpaired) electrons. The highest BCUT2D eigenvalue weighted by molar-refractivity contribution is 7.99. The number of hydrogen-bond acceptors (Lipinski definition) is 2. The van der Waals surface area contributed by atoms with Gasteiger partial charge in [0, 0.05) is 15.8 Å². The third-order valence-electron chi connectivity index (χ3n) is 2.94. The monoisotopic (exact) mass is 279 g/mol. The van der Waals surface area contributed by atoms with Crippen LogP contribution in [0.5, 0.6) is 0 Å². The SMILES string of the molecule is CNC(C)c1ccccc1Sc1ccc(F)c(F)c1. The van der Waals surface area contributed by atoms with Crippen molar-refractivity contribution in [2.24, 2.45) is 0 Å². The Morgan fingerprint density at radius 3 is 2.47 bits per heavy atom. The molecule has 4 heteroatoms. The van der Waals surface area contributed by atoms with E-state index in [1.54, 1.807) is 6.07 Å². The zero-order valence-corrected chi connectivity index (χ0v) is 11.6. The first-order valence-corrected chi connectivity index (χ1v) is 6.82. The maximum Gasteiger partial charge on any atom is 0.159 e. The Hall–Kier alpha value is -1.39. The molecule has 0 bridgehead atoms. The fraction of sp³-hybridized carbons (Fsp3) is 0.200. The minimum absolute atomic E-state index is 0.203. The Morgan fingerprint density at radius 2 is 1.79 bits per heavy atom. The summed E-state index contributed by atoms with van der Waals surface area (Å²) in [5.74, 6) is -1.63. The Balaban J connectivity index is 2.30. The summed E-state index contributed by atoms with van der Waals surface area (Å²) in [4.78, 5) is 1.73. The van der Waals surface area contributed by atoms with Crippen molar-refractivity contribution in [1.29, 1.82) is 0 Å². The summed E-state index contributed by atoms with van der Waals surface area (Å²) in [6, 6.07) is 12.1. The zero-order chi connectivity index (χ0) is 13.8. The van der Waals surface area contributed by atoms with E-state index in [4.69, 9.17) is 0 Å². The van der Waals surface area contributed by atoms with E-state index >= 15 is 0 Å². The first-order valence-electron chi connectivity index (χ1n) is 6.01. The van der Waals surface area contributed by atoms with Crippen molar-refractivity contribution in [3.63, 3.8) is 0 Å². The molecule has 0 saturated carbocycles. The van der Waals surface area contributed by atoms with Crippen LogP contribution in [0.25, 0.3) is 0 Å². The Morgan fingerprint density at radius 1 is 1.05 bits per heavy atom. The van der Waals surface area contributed by atoms with Gasteiger partial charge in [0.25, 0.3) is 0 Å². The van der Waals surface area contributed by atoms with E-state index in [2.05, 4.69) is 12.2 Å². The van der Waals surface area contributed by atoms with Crippen molar-refractivity contribution < 1.29 is 8.78 Å². The van der Waals surface area contributed by atoms with Gasteiger partial charge in [0.15, 0.2) is 11.6 Å². The quantitative estimate of drug-likeness (QED) is 0.890. The van der Waals surface area contributed by atoms with E-state index in [-0.39, 0.29) is 6.04 Å². The standard InChI is InChI=1S/C15H15F2NS/c1-10(18-2)12-5-3-4-6-15(12)19-11-7-8-13(16)14(17)9-11/h3-10,18H,1-2H3. The predicted octanol–water partition coefficient (Wildman–Crippen LogP) is 4.40. The van der Waals surface area contributed by atoms with Crippen LogP contribution in [0.1, 0.15) is 18.5 Å². The van der Waals surface area contributed by atoms with Crippen LogP contribution in [0.2, 0.25) is 0 Å². The summed E-state index contributed by atoms with van der Waals surface area (Å²) >= 11 is 1.43. The molecule has 0 fully saturated rings. The first-order chi connectivity index (χ1) is 9.11. The molecule has 2 aromatic rings. The Kier molecular flexibility index (Phi) is 4.56. The summed E-state index contributed by atoms with van der Waals surface area (Å²) < 4.78 is 26.1. The molecule has 0 aliphatic carbocycles. The van der Waals surface area contributed by atoms with Gasteiger partial charge in [0.2, 0.25) is 0 Å². The fourth-order valence-corrected chi connectivity index (χ4v) is 2.82. The maximum atomic E-state index is 13.2. The predicted molar refractivity (Wildman–Crippen MR) is 74.4 cm³/mol. The van der Waals surface area contributed by atoms with Crippen molar-refractivity contribution in [1.82, 2.24) is 5.32 Å². The Bertz CT molecular complexity index is 572. The molecule has 0 spiro atoms. The molecule has 1 nitrogen and oxygen atoms in total. The minimum Gasteiger partial charge on any atom is -0.313 e. The van der Waals surface area contributed by atoms with E-state index in [1.165, 1.54) is 17.8 Å². The van der Waals surface area contributed by atoms with Gasteiger partial charge in [-0.25, -0.2) is 8.78 Å². The average Bonchev–Trinajstić information content (AvgIpc) is 2.43. The Labute approximate surface area is 116 Å². The van der Waals surface area contributed by atoms with Crippen molar-refractivity contribution in [3.8, 4) is 0 Å². The molecule has 19 heavy (non-hydrogen) atoms. The summed E-state index contributed by atoms with van der Waals surface area (Å²) in [7, 11) is 1.89. The van der Waals surface area contributed by atoms with Gasteiger partial charge in [0.1, 0.15) is 0 Å². The van der Waals surface area contributed by atoms with Crippen LogP contribution in [-0.4, -0.2) is 7.05 Å². The van der Waals surface area contributed by atoms with Crippen molar-refractivity contribution in [2.45, 2.75) is 22.8 Å². The van der Waals surface area contributed by atoms with Crippen LogP contribution >= 0.6 is 11.8 Å². The van der Waals surface area contributed by atoms with Gasteiger partial charge < -0.3 is 5.32 Å². The number of rotatable bonds is 4. The van der Waals surface area contributed by atoms with E-state index in [0.717, 1.165) is 16.5 Å². The number of halogens is 2. The first kappa shape index (κ1) is 14.0. The molecule has 0 aliphatic rings. The van der Waals surface area contributed by atoms with Crippen LogP contribution in [0, 0.1) is 11.6 Å². The van der Waals surface area contributed by atoms with Gasteiger partial charge in [-0.05, 0) is 43.8 Å². The second-order valence-corrected chi connectivity index (χ2v) is 5.34. The summed E-state index contributed by atoms with van der Waals surface area (Å²) in [5, 5.41) is 3.18. The molecule has 0 aromatic heterocycles. The fourth-order valence-electron chi connectivity index (χ4n) is 1.75. The molecule has 0 aliphatic heterocycles. The normalized spacial score (nSPS) is 12.4. The summed E-state index contributed by atoms with van der Waals surface area (Å²) in [5.41, 5.74) is 1.14. The molecule has 2 rings (SSSR count). The second-order valence-electron chi connectivity index (χ2n) is 4.23. The van der Waals surface area contributed by atoms with E-state index in [9.17, 15) is 8.78 Å². The zero-order valence-electron chi connectivity index (χ0n) is 10.8. The molecular weight excluding hydrogens is 264 g/mol. The average molecular weight is 279 g/mol. The smallest absolute Gasteiger partial charge is 0.159 e. The molecule has 0 heterocycles. The lowest BCUT2D eigenvalue weighted by molar-refractivity contribution is 0.506. The van der Waals surface area contributed by atoms with Crippen LogP contribution in [0.15, 0.2) is 52.3 Å². The molecular formula is C15H15F2NS. The van der Waals surface area contributed by atoms with Crippen molar-refractivity contribution in [2.75, 3.05) is 7.05 Å². The lowest BCUT2D eigenvalue weighted by Gasteiger charge is -2.15. The van der Waals surface area contributed by atoms with Crippen LogP contribution < -0.4 is 5.32 Å². The van der Waals surface area contributed by atoms with Crippen molar-refractivity contribution >= 4 is 11.8 Å². The highest BCUT2D eigenvalue weighted by Crippen LogP contribution is 2.33. The highest BCUT2D eigenvalue weighted by atomic mass is 32.2. The summed E-state index contributed by atoms with van der Waals surface area (Å²) in [6.45, 7) is 2.06. The van der Waals surface area contributed by atoms with Gasteiger partial charge >= 0.3 is 0 Å². The number of hydrogen-bond donors (Lipinski definition) is 1. The minimum atomic E-state index is -0.818. The van der Waals surface area contributed by atoms with Gasteiger partial charge in [-0.2, -0.15) is 0 Å². The van der Waals surface area contributed by atoms with Gasteiger partial charge in [-0.3, -0.25) is 0 Å². The number of nitrogens with one attached hydrogen (secondary N) is 1. The molecule has 1 unspecified atom stereocenters. The van der Waals surface area contributed by atoms with Crippen LogP contribution in [0.3, 0.4) is 0 Å². The topological polar surface area (TPSA) is 12.0 Å². The van der Waals surface area contributed by atoms with Gasteiger partial charge in [-0.15, -0.1) is 0 Å². The third kappa shape index (κ3) is 3.33. The largest absolute Gasteiger partial charge is 0.313 e. The van der Waals surface area contributed by atoms with Crippen LogP contribution in [-0.2, 0) is 0 Å². The van der Waals surface area contributed by atoms with E-state index < -0.39 is 11.6 Å². The molecule has 0 saturated heterocycles. The molecule has 1 N–H and O–H groups in total. The molecule has 1 atom stereocenters. The number of benzene rings is 2. The summed E-state index contributed by atoms with van der Waals surface area (Å²) in [6.07, 6.45) is 0. The van der Waals surface area contributed by atoms with Crippen molar-refractivity contribution in [3.05, 3.63) is 59.7 Å². The molecule has 0 amide bonds. The van der Waals surface area contributed by atoms with Gasteiger partial charge in [0.05, 0.1) is 0 Å². The van der Waals surface area contributed by atoms with Crippen LogP contribution in [0.4, 0.5) is 8.78 Å². The molecule has 100 valence electrons. The lowest BCUT2D eigenvalue weighted by Crippen LogP contribution is -2.12. The van der Waals surface area contributed by atoms with E-state index in [0.29, 0.717) is 4.90 Å². The highest BCUT2D eigenvalue weighted by Gasteiger charge is 2.10. The third-order valence-corrected chi connectivity index (χ3v) is 4.02. The molecule has 2 aromatic carbocycles.